The first-order chi connectivity index (χ1) is 15.8. The molecule has 2 aromatic carbocycles. The number of nitrogens with zero attached hydrogens (tertiary/aromatic N) is 3. The largest absolute Gasteiger partial charge is 0.312 e. The van der Waals surface area contributed by atoms with Gasteiger partial charge in [0, 0.05) is 42.6 Å². The Kier molecular flexibility index (Phi) is 6.41. The maximum atomic E-state index is 14.2. The molecule has 0 N–H and O–H groups in total. The van der Waals surface area contributed by atoms with Gasteiger partial charge in [-0.1, -0.05) is 12.1 Å². The van der Waals surface area contributed by atoms with E-state index in [0.717, 1.165) is 28.7 Å². The molecule has 0 unspecified atom stereocenters. The van der Waals surface area contributed by atoms with Crippen LogP contribution in [0.3, 0.4) is 0 Å². The molecule has 0 spiro atoms. The summed E-state index contributed by atoms with van der Waals surface area (Å²) in [4.78, 5) is 43.8. The average Bonchev–Trinajstić information content (AvgIpc) is 3.42. The molecular formula is C24H19F2N3O3S. The first kappa shape index (κ1) is 22.5. The smallest absolute Gasteiger partial charge is 0.230 e. The first-order valence-electron chi connectivity index (χ1n) is 10.2. The van der Waals surface area contributed by atoms with Crippen molar-refractivity contribution < 1.29 is 23.2 Å². The van der Waals surface area contributed by atoms with E-state index < -0.39 is 17.5 Å². The third-order valence-electron chi connectivity index (χ3n) is 5.09. The molecule has 1 saturated heterocycles. The summed E-state index contributed by atoms with van der Waals surface area (Å²) in [5, 5.41) is 1.81. The number of carbonyl (C=O) groups excluding carboxylic acids is 3. The molecule has 1 aliphatic rings. The number of allylic oxidation sites excluding steroid dienone is 1. The lowest BCUT2D eigenvalue weighted by Crippen LogP contribution is -2.23. The molecule has 1 aromatic heterocycles. The molecule has 4 rings (SSSR count). The second-order valence-electron chi connectivity index (χ2n) is 7.40. The second kappa shape index (κ2) is 9.41. The Bertz CT molecular complexity index is 1270. The molecule has 2 heterocycles. The number of hydrogen-bond donors (Lipinski definition) is 0. The summed E-state index contributed by atoms with van der Waals surface area (Å²) in [6.45, 7) is 1.89. The predicted molar refractivity (Wildman–Crippen MR) is 123 cm³/mol. The zero-order valence-electron chi connectivity index (χ0n) is 17.6. The number of thiazole rings is 1. The Hall–Kier alpha value is -3.72. The predicted octanol–water partition coefficient (Wildman–Crippen LogP) is 5.13. The highest BCUT2D eigenvalue weighted by molar-refractivity contribution is 7.14. The number of aromatic nitrogens is 1. The standard InChI is InChI=1S/C24H19F2N3O3S/c1-15(30)29(21-9-7-17(25)13-20(21)26)24-27-18(14-33-24)8-10-22(31)16-4-2-5-19(12-16)28-11-3-6-23(28)32/h2,4-5,7-10,12-14H,3,6,11H2,1H3/b10-8+. The minimum Gasteiger partial charge on any atom is -0.312 e. The zero-order chi connectivity index (χ0) is 23.5. The number of benzene rings is 2. The summed E-state index contributed by atoms with van der Waals surface area (Å²) in [5.41, 5.74) is 1.41. The van der Waals surface area contributed by atoms with E-state index in [2.05, 4.69) is 4.98 Å². The van der Waals surface area contributed by atoms with Crippen molar-refractivity contribution in [3.05, 3.63) is 76.8 Å². The van der Waals surface area contributed by atoms with Crippen molar-refractivity contribution in [2.24, 2.45) is 0 Å². The third kappa shape index (κ3) is 4.88. The molecule has 1 aliphatic heterocycles. The fraction of sp³-hybridized carbons (Fsp3) is 0.167. The molecule has 0 saturated carbocycles. The van der Waals surface area contributed by atoms with Gasteiger partial charge in [-0.3, -0.25) is 19.3 Å². The van der Waals surface area contributed by atoms with E-state index in [4.69, 9.17) is 0 Å². The molecule has 1 fully saturated rings. The second-order valence-corrected chi connectivity index (χ2v) is 8.24. The fourth-order valence-corrected chi connectivity index (χ4v) is 4.38. The SMILES string of the molecule is CC(=O)N(c1nc(/C=C/C(=O)c2cccc(N3CCCC3=O)c2)cs1)c1ccc(F)cc1F. The Labute approximate surface area is 192 Å². The highest BCUT2D eigenvalue weighted by Crippen LogP contribution is 2.31. The Balaban J connectivity index is 1.53. The molecule has 3 aromatic rings. The number of halogens is 2. The minimum atomic E-state index is -0.885. The molecule has 33 heavy (non-hydrogen) atoms. The van der Waals surface area contributed by atoms with Crippen molar-refractivity contribution in [2.75, 3.05) is 16.3 Å². The summed E-state index contributed by atoms with van der Waals surface area (Å²) in [6, 6.07) is 9.79. The lowest BCUT2D eigenvalue weighted by molar-refractivity contribution is -0.117. The third-order valence-corrected chi connectivity index (χ3v) is 5.93. The van der Waals surface area contributed by atoms with Crippen LogP contribution >= 0.6 is 11.3 Å². The molecule has 168 valence electrons. The quantitative estimate of drug-likeness (QED) is 0.372. The maximum absolute atomic E-state index is 14.2. The van der Waals surface area contributed by atoms with Gasteiger partial charge in [-0.25, -0.2) is 13.8 Å². The van der Waals surface area contributed by atoms with Crippen LogP contribution in [0.1, 0.15) is 35.8 Å². The minimum absolute atomic E-state index is 0.0396. The van der Waals surface area contributed by atoms with Crippen molar-refractivity contribution in [1.29, 1.82) is 0 Å². The number of ketones is 1. The van der Waals surface area contributed by atoms with Crippen molar-refractivity contribution in [3.8, 4) is 0 Å². The normalized spacial score (nSPS) is 13.7. The van der Waals surface area contributed by atoms with Gasteiger partial charge >= 0.3 is 0 Å². The topological polar surface area (TPSA) is 70.6 Å². The molecule has 2 amide bonds. The number of amides is 2. The molecule has 0 aliphatic carbocycles. The van der Waals surface area contributed by atoms with E-state index in [9.17, 15) is 23.2 Å². The number of anilines is 3. The van der Waals surface area contributed by atoms with Crippen LogP contribution in [0, 0.1) is 11.6 Å². The van der Waals surface area contributed by atoms with Crippen molar-refractivity contribution >= 4 is 51.5 Å². The van der Waals surface area contributed by atoms with Crippen molar-refractivity contribution in [3.63, 3.8) is 0 Å². The van der Waals surface area contributed by atoms with Gasteiger partial charge in [-0.05, 0) is 42.8 Å². The average molecular weight is 467 g/mol. The van der Waals surface area contributed by atoms with Gasteiger partial charge in [-0.15, -0.1) is 11.3 Å². The van der Waals surface area contributed by atoms with Crippen LogP contribution in [-0.2, 0) is 9.59 Å². The highest BCUT2D eigenvalue weighted by Gasteiger charge is 2.23. The van der Waals surface area contributed by atoms with Crippen LogP contribution in [-0.4, -0.2) is 29.1 Å². The zero-order valence-corrected chi connectivity index (χ0v) is 18.4. The van der Waals surface area contributed by atoms with Crippen LogP contribution < -0.4 is 9.80 Å². The highest BCUT2D eigenvalue weighted by atomic mass is 32.1. The molecule has 0 atom stereocenters. The van der Waals surface area contributed by atoms with Gasteiger partial charge in [0.25, 0.3) is 0 Å². The summed E-state index contributed by atoms with van der Waals surface area (Å²) < 4.78 is 27.5. The molecule has 0 radical (unpaired) electrons. The lowest BCUT2D eigenvalue weighted by atomic mass is 10.1. The van der Waals surface area contributed by atoms with Gasteiger partial charge in [-0.2, -0.15) is 0 Å². The molecule has 6 nitrogen and oxygen atoms in total. The van der Waals surface area contributed by atoms with Gasteiger partial charge in [0.2, 0.25) is 11.8 Å². The molecule has 0 bridgehead atoms. The van der Waals surface area contributed by atoms with Gasteiger partial charge in [0.1, 0.15) is 11.6 Å². The molecular weight excluding hydrogens is 448 g/mol. The Morgan fingerprint density at radius 3 is 2.70 bits per heavy atom. The molecule has 9 heteroatoms. The van der Waals surface area contributed by atoms with Crippen LogP contribution in [0.25, 0.3) is 6.08 Å². The Morgan fingerprint density at radius 2 is 2.00 bits per heavy atom. The Morgan fingerprint density at radius 1 is 1.18 bits per heavy atom. The summed E-state index contributed by atoms with van der Waals surface area (Å²) >= 11 is 1.09. The lowest BCUT2D eigenvalue weighted by Gasteiger charge is -2.18. The van der Waals surface area contributed by atoms with Crippen LogP contribution in [0.2, 0.25) is 0 Å². The van der Waals surface area contributed by atoms with E-state index in [-0.39, 0.29) is 22.5 Å². The summed E-state index contributed by atoms with van der Waals surface area (Å²) in [7, 11) is 0. The van der Waals surface area contributed by atoms with E-state index in [1.54, 1.807) is 34.5 Å². The van der Waals surface area contributed by atoms with Crippen LogP contribution in [0.4, 0.5) is 25.3 Å². The van der Waals surface area contributed by atoms with E-state index >= 15 is 0 Å². The van der Waals surface area contributed by atoms with E-state index in [1.807, 2.05) is 0 Å². The van der Waals surface area contributed by atoms with Crippen LogP contribution in [0.15, 0.2) is 53.9 Å². The number of hydrogen-bond acceptors (Lipinski definition) is 5. The van der Waals surface area contributed by atoms with Gasteiger partial charge in [0.15, 0.2) is 10.9 Å². The monoisotopic (exact) mass is 467 g/mol. The van der Waals surface area contributed by atoms with Gasteiger partial charge in [0.05, 0.1) is 11.4 Å². The first-order valence-corrected chi connectivity index (χ1v) is 11.1. The van der Waals surface area contributed by atoms with E-state index in [0.29, 0.717) is 36.0 Å². The number of carbonyl (C=O) groups is 3. The van der Waals surface area contributed by atoms with Gasteiger partial charge < -0.3 is 4.90 Å². The summed E-state index contributed by atoms with van der Waals surface area (Å²) in [5.74, 6) is -2.36. The fourth-order valence-electron chi connectivity index (χ4n) is 3.53. The van der Waals surface area contributed by atoms with Crippen LogP contribution in [0.5, 0.6) is 0 Å². The maximum Gasteiger partial charge on any atom is 0.230 e. The number of rotatable bonds is 6. The van der Waals surface area contributed by atoms with Crippen molar-refractivity contribution in [1.82, 2.24) is 4.98 Å². The van der Waals surface area contributed by atoms with E-state index in [1.165, 1.54) is 25.1 Å². The summed E-state index contributed by atoms with van der Waals surface area (Å²) in [6.07, 6.45) is 4.14. The van der Waals surface area contributed by atoms with Crippen molar-refractivity contribution in [2.45, 2.75) is 19.8 Å².